The lowest BCUT2D eigenvalue weighted by Crippen LogP contribution is -2.13. The first-order valence-electron chi connectivity index (χ1n) is 10.4. The molecule has 0 aliphatic rings. The van der Waals surface area contributed by atoms with Crippen LogP contribution in [0.1, 0.15) is 41.3 Å². The van der Waals surface area contributed by atoms with Gasteiger partial charge < -0.3 is 19.2 Å². The lowest BCUT2D eigenvalue weighted by Gasteiger charge is -2.11. The molecule has 3 aromatic carbocycles. The number of hydrogen-bond acceptors (Lipinski definition) is 5. The third-order valence-electron chi connectivity index (χ3n) is 5.42. The maximum absolute atomic E-state index is 12.9. The molecule has 0 unspecified atom stereocenters. The van der Waals surface area contributed by atoms with E-state index in [-0.39, 0.29) is 5.91 Å². The minimum absolute atomic E-state index is 0.262. The van der Waals surface area contributed by atoms with Crippen molar-refractivity contribution in [2.75, 3.05) is 19.5 Å². The number of methoxy groups -OCH3 is 2. The second-order valence-electron chi connectivity index (χ2n) is 7.99. The highest BCUT2D eigenvalue weighted by molar-refractivity contribution is 6.05. The fraction of sp³-hybridized carbons (Fsp3) is 0.231. The fourth-order valence-corrected chi connectivity index (χ4v) is 3.45. The van der Waals surface area contributed by atoms with Gasteiger partial charge in [0, 0.05) is 22.9 Å². The Kier molecular flexibility index (Phi) is 5.86. The Bertz CT molecular complexity index is 1270. The van der Waals surface area contributed by atoms with E-state index in [0.717, 1.165) is 22.2 Å². The number of aryl methyl sites for hydroxylation is 1. The van der Waals surface area contributed by atoms with Crippen LogP contribution in [0.2, 0.25) is 0 Å². The maximum atomic E-state index is 12.9. The molecule has 6 nitrogen and oxygen atoms in total. The van der Waals surface area contributed by atoms with E-state index in [1.807, 2.05) is 31.2 Å². The van der Waals surface area contributed by atoms with Crippen molar-refractivity contribution < 1.29 is 18.7 Å². The molecule has 0 atom stereocenters. The largest absolute Gasteiger partial charge is 0.497 e. The maximum Gasteiger partial charge on any atom is 0.255 e. The summed E-state index contributed by atoms with van der Waals surface area (Å²) in [6.45, 7) is 6.23. The number of anilines is 1. The van der Waals surface area contributed by atoms with Crippen LogP contribution in [-0.2, 0) is 0 Å². The van der Waals surface area contributed by atoms with Crippen LogP contribution in [0.4, 0.5) is 5.69 Å². The molecule has 4 rings (SSSR count). The number of amides is 1. The summed E-state index contributed by atoms with van der Waals surface area (Å²) in [6.07, 6.45) is 0. The molecule has 6 heteroatoms. The minimum atomic E-state index is -0.262. The summed E-state index contributed by atoms with van der Waals surface area (Å²) in [5.41, 5.74) is 5.60. The van der Waals surface area contributed by atoms with E-state index >= 15 is 0 Å². The molecule has 1 aromatic heterocycles. The molecule has 0 radical (unpaired) electrons. The number of rotatable bonds is 6. The first-order chi connectivity index (χ1) is 15.4. The molecule has 0 aliphatic carbocycles. The summed E-state index contributed by atoms with van der Waals surface area (Å²) in [4.78, 5) is 17.6. The molecule has 0 bridgehead atoms. The van der Waals surface area contributed by atoms with Crippen LogP contribution in [0, 0.1) is 6.92 Å². The molecule has 0 aliphatic heterocycles. The van der Waals surface area contributed by atoms with Crippen LogP contribution in [-0.4, -0.2) is 25.1 Å². The highest BCUT2D eigenvalue weighted by Gasteiger charge is 2.15. The van der Waals surface area contributed by atoms with Gasteiger partial charge in [-0.2, -0.15) is 0 Å². The Morgan fingerprint density at radius 3 is 2.34 bits per heavy atom. The van der Waals surface area contributed by atoms with E-state index in [2.05, 4.69) is 36.3 Å². The zero-order valence-corrected chi connectivity index (χ0v) is 18.9. The third kappa shape index (κ3) is 4.30. The molecule has 1 N–H and O–H groups in total. The molecular formula is C26H26N2O4. The molecule has 0 saturated carbocycles. The minimum Gasteiger partial charge on any atom is -0.497 e. The second-order valence-corrected chi connectivity index (χ2v) is 7.99. The van der Waals surface area contributed by atoms with E-state index in [1.54, 1.807) is 32.4 Å². The standard InChI is InChI=1S/C26H26N2O4/c1-15(2)17-8-9-24-23(12-17)28-26(32-24)18-7-6-16(3)22(13-18)27-25(29)19-10-20(30-4)14-21(11-19)31-5/h6-15H,1-5H3,(H,27,29). The summed E-state index contributed by atoms with van der Waals surface area (Å²) in [7, 11) is 3.10. The normalized spacial score (nSPS) is 11.1. The highest BCUT2D eigenvalue weighted by Crippen LogP contribution is 2.30. The predicted molar refractivity (Wildman–Crippen MR) is 126 cm³/mol. The highest BCUT2D eigenvalue weighted by atomic mass is 16.5. The number of carbonyl (C=O) groups excluding carboxylic acids is 1. The average Bonchev–Trinajstić information content (AvgIpc) is 3.23. The number of oxazole rings is 1. The molecule has 0 fully saturated rings. The number of hydrogen-bond donors (Lipinski definition) is 1. The van der Waals surface area contributed by atoms with Crippen molar-refractivity contribution >= 4 is 22.7 Å². The second kappa shape index (κ2) is 8.75. The van der Waals surface area contributed by atoms with Crippen LogP contribution >= 0.6 is 0 Å². The van der Waals surface area contributed by atoms with E-state index in [0.29, 0.717) is 34.6 Å². The number of fused-ring (bicyclic) bond motifs is 1. The van der Waals surface area contributed by atoms with Crippen LogP contribution < -0.4 is 14.8 Å². The summed E-state index contributed by atoms with van der Waals surface area (Å²) in [5, 5.41) is 2.98. The van der Waals surface area contributed by atoms with Gasteiger partial charge in [-0.15, -0.1) is 0 Å². The summed E-state index contributed by atoms with van der Waals surface area (Å²) < 4.78 is 16.5. The lowest BCUT2D eigenvalue weighted by molar-refractivity contribution is 0.102. The average molecular weight is 431 g/mol. The van der Waals surface area contributed by atoms with Crippen molar-refractivity contribution in [3.8, 4) is 23.0 Å². The van der Waals surface area contributed by atoms with Gasteiger partial charge in [0.15, 0.2) is 5.58 Å². The van der Waals surface area contributed by atoms with Gasteiger partial charge in [0.2, 0.25) is 5.89 Å². The summed E-state index contributed by atoms with van der Waals surface area (Å²) in [6, 6.07) is 16.9. The zero-order valence-electron chi connectivity index (χ0n) is 18.9. The van der Waals surface area contributed by atoms with E-state index in [4.69, 9.17) is 13.9 Å². The first kappa shape index (κ1) is 21.4. The van der Waals surface area contributed by atoms with Crippen molar-refractivity contribution in [3.63, 3.8) is 0 Å². The topological polar surface area (TPSA) is 73.6 Å². The summed E-state index contributed by atoms with van der Waals surface area (Å²) >= 11 is 0. The third-order valence-corrected chi connectivity index (χ3v) is 5.42. The SMILES string of the molecule is COc1cc(OC)cc(C(=O)Nc2cc(-c3nc4cc(C(C)C)ccc4o3)ccc2C)c1. The van der Waals surface area contributed by atoms with E-state index in [9.17, 15) is 4.79 Å². The lowest BCUT2D eigenvalue weighted by atomic mass is 10.0. The number of carbonyl (C=O) groups is 1. The van der Waals surface area contributed by atoms with Gasteiger partial charge in [0.05, 0.1) is 14.2 Å². The fourth-order valence-electron chi connectivity index (χ4n) is 3.45. The van der Waals surface area contributed by atoms with Gasteiger partial charge in [-0.1, -0.05) is 26.0 Å². The molecule has 1 amide bonds. The molecular weight excluding hydrogens is 404 g/mol. The summed E-state index contributed by atoms with van der Waals surface area (Å²) in [5.74, 6) is 1.76. The number of ether oxygens (including phenoxy) is 2. The number of nitrogens with one attached hydrogen (secondary N) is 1. The predicted octanol–water partition coefficient (Wildman–Crippen LogP) is 6.20. The van der Waals surface area contributed by atoms with Gasteiger partial charge in [0.1, 0.15) is 17.0 Å². The Hall–Kier alpha value is -3.80. The molecule has 0 saturated heterocycles. The van der Waals surface area contributed by atoms with Crippen LogP contribution in [0.25, 0.3) is 22.6 Å². The Morgan fingerprint density at radius 2 is 1.69 bits per heavy atom. The van der Waals surface area contributed by atoms with Crippen molar-refractivity contribution in [2.24, 2.45) is 0 Å². The van der Waals surface area contributed by atoms with Crippen molar-refractivity contribution in [2.45, 2.75) is 26.7 Å². The van der Waals surface area contributed by atoms with Gasteiger partial charge >= 0.3 is 0 Å². The Morgan fingerprint density at radius 1 is 0.969 bits per heavy atom. The van der Waals surface area contributed by atoms with Crippen molar-refractivity contribution in [3.05, 3.63) is 71.3 Å². The van der Waals surface area contributed by atoms with Crippen LogP contribution in [0.15, 0.2) is 59.0 Å². The molecule has 0 spiro atoms. The zero-order chi connectivity index (χ0) is 22.8. The van der Waals surface area contributed by atoms with Gasteiger partial charge in [0.25, 0.3) is 5.91 Å². The first-order valence-corrected chi connectivity index (χ1v) is 10.4. The monoisotopic (exact) mass is 430 g/mol. The van der Waals surface area contributed by atoms with E-state index in [1.165, 1.54) is 5.56 Å². The van der Waals surface area contributed by atoms with Crippen molar-refractivity contribution in [1.29, 1.82) is 0 Å². The van der Waals surface area contributed by atoms with Gasteiger partial charge in [-0.05, 0) is 60.4 Å². The number of aromatic nitrogens is 1. The van der Waals surface area contributed by atoms with E-state index < -0.39 is 0 Å². The Labute approximate surface area is 187 Å². The van der Waals surface area contributed by atoms with Crippen LogP contribution in [0.3, 0.4) is 0 Å². The quantitative estimate of drug-likeness (QED) is 0.394. The van der Waals surface area contributed by atoms with Gasteiger partial charge in [-0.3, -0.25) is 4.79 Å². The molecule has 4 aromatic rings. The molecule has 1 heterocycles. The van der Waals surface area contributed by atoms with Gasteiger partial charge in [-0.25, -0.2) is 4.98 Å². The number of nitrogens with zero attached hydrogens (tertiary/aromatic N) is 1. The molecule has 32 heavy (non-hydrogen) atoms. The van der Waals surface area contributed by atoms with Crippen LogP contribution in [0.5, 0.6) is 11.5 Å². The number of benzene rings is 3. The Balaban J connectivity index is 1.65. The van der Waals surface area contributed by atoms with Crippen molar-refractivity contribution in [1.82, 2.24) is 4.98 Å². The smallest absolute Gasteiger partial charge is 0.255 e. The molecule has 164 valence electrons.